The maximum atomic E-state index is 14.2. The lowest BCUT2D eigenvalue weighted by atomic mass is 9.95. The van der Waals surface area contributed by atoms with Gasteiger partial charge in [0, 0.05) is 50.1 Å². The van der Waals surface area contributed by atoms with Gasteiger partial charge in [0.2, 0.25) is 11.8 Å². The average Bonchev–Trinajstić information content (AvgIpc) is 3.93. The van der Waals surface area contributed by atoms with Crippen LogP contribution in [0.4, 0.5) is 5.69 Å². The first-order valence-electron chi connectivity index (χ1n) is 15.4. The van der Waals surface area contributed by atoms with E-state index in [2.05, 4.69) is 46.9 Å². The van der Waals surface area contributed by atoms with Crippen LogP contribution >= 0.6 is 23.2 Å². The summed E-state index contributed by atoms with van der Waals surface area (Å²) in [5, 5.41) is 11.7. The number of nitriles is 1. The number of piperazine rings is 1. The third kappa shape index (κ3) is 6.02. The van der Waals surface area contributed by atoms with Gasteiger partial charge in [0.05, 0.1) is 26.7 Å². The molecular weight excluding hydrogens is 635 g/mol. The van der Waals surface area contributed by atoms with E-state index in [1.807, 2.05) is 0 Å². The predicted molar refractivity (Wildman–Crippen MR) is 172 cm³/mol. The molecule has 2 aliphatic heterocycles. The van der Waals surface area contributed by atoms with Crippen molar-refractivity contribution in [1.82, 2.24) is 20.1 Å². The first kappa shape index (κ1) is 32.0. The Bertz CT molecular complexity index is 1650. The number of hydrogen-bond donors (Lipinski definition) is 1. The van der Waals surface area contributed by atoms with Crippen molar-refractivity contribution in [2.75, 3.05) is 37.6 Å². The van der Waals surface area contributed by atoms with Gasteiger partial charge in [-0.15, -0.1) is 0 Å². The van der Waals surface area contributed by atoms with E-state index in [-0.39, 0.29) is 34.3 Å². The number of nitrogens with one attached hydrogen (secondary N) is 1. The molecule has 3 heterocycles. The minimum absolute atomic E-state index is 0.0153. The van der Waals surface area contributed by atoms with Crippen LogP contribution in [0.1, 0.15) is 58.4 Å². The van der Waals surface area contributed by atoms with Crippen LogP contribution < -0.4 is 10.2 Å². The zero-order chi connectivity index (χ0) is 32.4. The lowest BCUT2D eigenvalue weighted by Gasteiger charge is -2.43. The molecule has 0 spiro atoms. The van der Waals surface area contributed by atoms with E-state index in [1.54, 1.807) is 36.5 Å². The fourth-order valence-electron chi connectivity index (χ4n) is 6.62. The standard InChI is InChI=1S/C32H38Cl2N6O4S/c1-30(2,3)39-14-12-38(13-15-39)22-5-6-26(24(33)16-22)45(43,44)23-17-25(28(41)37-31(20-35)8-9-31)40(19-23)29(42)32(10-11-32)21-4-7-27(34)36-18-21/h4-7,16,18,23,25H,8-15,17,19H2,1-3H3,(H,37,41)/t23-,25+/m1/s1. The molecule has 2 saturated carbocycles. The van der Waals surface area contributed by atoms with Gasteiger partial charge in [-0.2, -0.15) is 5.26 Å². The summed E-state index contributed by atoms with van der Waals surface area (Å²) in [5.74, 6) is -0.830. The Hall–Kier alpha value is -2.91. The van der Waals surface area contributed by atoms with E-state index < -0.39 is 38.0 Å². The van der Waals surface area contributed by atoms with Crippen molar-refractivity contribution in [3.63, 3.8) is 0 Å². The number of aromatic nitrogens is 1. The van der Waals surface area contributed by atoms with Crippen molar-refractivity contribution < 1.29 is 18.0 Å². The number of rotatable bonds is 7. The predicted octanol–water partition coefficient (Wildman–Crippen LogP) is 3.96. The number of nitrogens with zero attached hydrogens (tertiary/aromatic N) is 5. The number of benzene rings is 1. The molecule has 240 valence electrons. The van der Waals surface area contributed by atoms with E-state index in [0.717, 1.165) is 31.9 Å². The first-order valence-corrected chi connectivity index (χ1v) is 17.7. The second-order valence-corrected chi connectivity index (χ2v) is 16.8. The van der Waals surface area contributed by atoms with E-state index in [4.69, 9.17) is 23.2 Å². The van der Waals surface area contributed by atoms with Gasteiger partial charge in [0.25, 0.3) is 0 Å². The highest BCUT2D eigenvalue weighted by Crippen LogP contribution is 2.51. The van der Waals surface area contributed by atoms with E-state index in [0.29, 0.717) is 36.4 Å². The van der Waals surface area contributed by atoms with Crippen molar-refractivity contribution >= 4 is 50.5 Å². The van der Waals surface area contributed by atoms with Crippen molar-refractivity contribution in [2.45, 2.75) is 85.6 Å². The lowest BCUT2D eigenvalue weighted by Crippen LogP contribution is -2.53. The van der Waals surface area contributed by atoms with Crippen molar-refractivity contribution in [2.24, 2.45) is 0 Å². The molecule has 2 saturated heterocycles. The average molecular weight is 674 g/mol. The molecule has 2 aromatic rings. The number of hydrogen-bond acceptors (Lipinski definition) is 8. The Labute approximate surface area is 274 Å². The monoisotopic (exact) mass is 672 g/mol. The van der Waals surface area contributed by atoms with Crippen LogP contribution in [0.15, 0.2) is 41.4 Å². The topological polar surface area (TPSA) is 127 Å². The molecule has 0 radical (unpaired) electrons. The number of halogens is 2. The van der Waals surface area contributed by atoms with Crippen molar-refractivity contribution in [1.29, 1.82) is 5.26 Å². The second kappa shape index (κ2) is 11.4. The third-order valence-electron chi connectivity index (χ3n) is 9.85. The van der Waals surface area contributed by atoms with Gasteiger partial charge in [-0.1, -0.05) is 29.3 Å². The molecule has 2 amide bonds. The van der Waals surface area contributed by atoms with E-state index in [1.165, 1.54) is 4.90 Å². The van der Waals surface area contributed by atoms with Crippen molar-refractivity contribution in [3.8, 4) is 6.07 Å². The fraction of sp³-hybridized carbons (Fsp3) is 0.562. The summed E-state index contributed by atoms with van der Waals surface area (Å²) in [4.78, 5) is 37.9. The number of pyridine rings is 1. The van der Waals surface area contributed by atoms with Crippen LogP contribution in [-0.4, -0.2) is 90.1 Å². The Morgan fingerprint density at radius 2 is 1.73 bits per heavy atom. The Morgan fingerprint density at radius 1 is 1.04 bits per heavy atom. The van der Waals surface area contributed by atoms with Gasteiger partial charge < -0.3 is 15.1 Å². The summed E-state index contributed by atoms with van der Waals surface area (Å²) in [7, 11) is -4.03. The van der Waals surface area contributed by atoms with Crippen molar-refractivity contribution in [3.05, 3.63) is 52.3 Å². The SMILES string of the molecule is CC(C)(C)N1CCN(c2ccc(S(=O)(=O)[C@@H]3C[C@@H](C(=O)NC4(C#N)CC4)N(C(=O)C4(c5ccc(Cl)nc5)CC4)C3)c(Cl)c2)CC1. The summed E-state index contributed by atoms with van der Waals surface area (Å²) in [6.45, 7) is 9.78. The normalized spacial score (nSPS) is 24.2. The Balaban J connectivity index is 1.25. The first-order chi connectivity index (χ1) is 21.2. The Morgan fingerprint density at radius 3 is 2.27 bits per heavy atom. The summed E-state index contributed by atoms with van der Waals surface area (Å²) < 4.78 is 28.2. The van der Waals surface area contributed by atoms with Crippen LogP contribution in [0.3, 0.4) is 0 Å². The number of likely N-dealkylation sites (tertiary alicyclic amines) is 1. The van der Waals surface area contributed by atoms with Crippen LogP contribution in [0.2, 0.25) is 10.2 Å². The minimum Gasteiger partial charge on any atom is -0.369 e. The van der Waals surface area contributed by atoms with Gasteiger partial charge in [-0.05, 0) is 82.7 Å². The molecule has 6 rings (SSSR count). The molecule has 1 aromatic carbocycles. The van der Waals surface area contributed by atoms with Crippen LogP contribution in [0, 0.1) is 11.3 Å². The van der Waals surface area contributed by atoms with Crippen LogP contribution in [0.25, 0.3) is 0 Å². The van der Waals surface area contributed by atoms with Crippen LogP contribution in [0.5, 0.6) is 0 Å². The number of anilines is 1. The van der Waals surface area contributed by atoms with E-state index in [9.17, 15) is 23.3 Å². The second-order valence-electron chi connectivity index (χ2n) is 13.8. The zero-order valence-electron chi connectivity index (χ0n) is 25.7. The number of carbonyl (C=O) groups is 2. The maximum absolute atomic E-state index is 14.2. The number of amides is 2. The third-order valence-corrected chi connectivity index (χ3v) is 12.7. The van der Waals surface area contributed by atoms with Gasteiger partial charge >= 0.3 is 0 Å². The lowest BCUT2D eigenvalue weighted by molar-refractivity contribution is -0.140. The minimum atomic E-state index is -4.03. The maximum Gasteiger partial charge on any atom is 0.244 e. The molecule has 1 aromatic heterocycles. The van der Waals surface area contributed by atoms with E-state index >= 15 is 0 Å². The fourth-order valence-corrected chi connectivity index (χ4v) is 8.97. The molecule has 2 aliphatic carbocycles. The van der Waals surface area contributed by atoms with Gasteiger partial charge in [-0.25, -0.2) is 13.4 Å². The van der Waals surface area contributed by atoms with Gasteiger partial charge in [0.15, 0.2) is 9.84 Å². The summed E-state index contributed by atoms with van der Waals surface area (Å²) in [5.41, 5.74) is -0.243. The largest absolute Gasteiger partial charge is 0.369 e. The molecule has 2 atom stereocenters. The number of carbonyl (C=O) groups excluding carboxylic acids is 2. The molecule has 45 heavy (non-hydrogen) atoms. The molecule has 10 nitrogen and oxygen atoms in total. The summed E-state index contributed by atoms with van der Waals surface area (Å²) in [6.07, 6.45) is 3.61. The number of sulfone groups is 1. The Kier molecular flexibility index (Phi) is 8.12. The van der Waals surface area contributed by atoms with Crippen LogP contribution in [-0.2, 0) is 24.8 Å². The molecule has 0 bridgehead atoms. The highest BCUT2D eigenvalue weighted by Gasteiger charge is 2.58. The molecule has 0 unspecified atom stereocenters. The quantitative estimate of drug-likeness (QED) is 0.438. The van der Waals surface area contributed by atoms with Gasteiger partial charge in [-0.3, -0.25) is 14.5 Å². The molecule has 4 aliphatic rings. The smallest absolute Gasteiger partial charge is 0.244 e. The molecular formula is C32H38Cl2N6O4S. The highest BCUT2D eigenvalue weighted by atomic mass is 35.5. The molecule has 4 fully saturated rings. The summed E-state index contributed by atoms with van der Waals surface area (Å²) in [6, 6.07) is 9.48. The zero-order valence-corrected chi connectivity index (χ0v) is 28.1. The highest BCUT2D eigenvalue weighted by molar-refractivity contribution is 7.92. The summed E-state index contributed by atoms with van der Waals surface area (Å²) >= 11 is 12.7. The molecule has 1 N–H and O–H groups in total. The molecule has 13 heteroatoms. The van der Waals surface area contributed by atoms with Gasteiger partial charge in [0.1, 0.15) is 16.7 Å².